The van der Waals surface area contributed by atoms with E-state index in [4.69, 9.17) is 5.73 Å². The molecule has 3 heteroatoms. The highest BCUT2D eigenvalue weighted by atomic mass is 16.2. The van der Waals surface area contributed by atoms with Crippen molar-refractivity contribution in [1.82, 2.24) is 0 Å². The summed E-state index contributed by atoms with van der Waals surface area (Å²) in [6.45, 7) is 2.02. The van der Waals surface area contributed by atoms with Crippen molar-refractivity contribution in [1.29, 1.82) is 0 Å². The zero-order valence-electron chi connectivity index (χ0n) is 7.38. The molecule has 1 aliphatic rings. The van der Waals surface area contributed by atoms with E-state index in [2.05, 4.69) is 0 Å². The van der Waals surface area contributed by atoms with E-state index in [9.17, 15) is 9.59 Å². The van der Waals surface area contributed by atoms with Gasteiger partial charge in [0.2, 0.25) is 5.78 Å². The Labute approximate surface area is 72.3 Å². The van der Waals surface area contributed by atoms with E-state index in [1.807, 2.05) is 6.92 Å². The van der Waals surface area contributed by atoms with Gasteiger partial charge < -0.3 is 5.73 Å². The van der Waals surface area contributed by atoms with Gasteiger partial charge in [0.25, 0.3) is 5.91 Å². The number of rotatable bonds is 5. The lowest BCUT2D eigenvalue weighted by atomic mass is 9.93. The Morgan fingerprint density at radius 1 is 1.50 bits per heavy atom. The Hall–Kier alpha value is -0.860. The highest BCUT2D eigenvalue weighted by Crippen LogP contribution is 2.39. The fraction of sp³-hybridized carbons (Fsp3) is 0.778. The van der Waals surface area contributed by atoms with Gasteiger partial charge in [-0.3, -0.25) is 9.59 Å². The van der Waals surface area contributed by atoms with Gasteiger partial charge in [0.15, 0.2) is 0 Å². The van der Waals surface area contributed by atoms with E-state index < -0.39 is 5.91 Å². The second kappa shape index (κ2) is 3.70. The lowest BCUT2D eigenvalue weighted by Gasteiger charge is -2.10. The molecule has 1 unspecified atom stereocenters. The number of ketones is 1. The zero-order valence-corrected chi connectivity index (χ0v) is 7.38. The van der Waals surface area contributed by atoms with Crippen LogP contribution in [0.1, 0.15) is 32.6 Å². The smallest absolute Gasteiger partial charge is 0.285 e. The third kappa shape index (κ3) is 2.06. The number of carbonyl (C=O) groups is 2. The van der Waals surface area contributed by atoms with Crippen LogP contribution >= 0.6 is 0 Å². The van der Waals surface area contributed by atoms with Crippen LogP contribution in [-0.2, 0) is 9.59 Å². The van der Waals surface area contributed by atoms with Crippen molar-refractivity contribution in [3.63, 3.8) is 0 Å². The van der Waals surface area contributed by atoms with Crippen molar-refractivity contribution in [3.8, 4) is 0 Å². The monoisotopic (exact) mass is 169 g/mol. The number of Topliss-reactive ketones (excluding diaryl/α,β-unsaturated/α-hetero) is 1. The van der Waals surface area contributed by atoms with E-state index in [1.165, 1.54) is 0 Å². The van der Waals surface area contributed by atoms with Crippen molar-refractivity contribution in [2.75, 3.05) is 0 Å². The minimum Gasteiger partial charge on any atom is -0.363 e. The molecule has 3 nitrogen and oxygen atoms in total. The van der Waals surface area contributed by atoms with Crippen LogP contribution in [0.25, 0.3) is 0 Å². The summed E-state index contributed by atoms with van der Waals surface area (Å²) >= 11 is 0. The average Bonchev–Trinajstić information content (AvgIpc) is 2.81. The highest BCUT2D eigenvalue weighted by Gasteiger charge is 2.37. The van der Waals surface area contributed by atoms with E-state index in [1.54, 1.807) is 0 Å². The molecule has 0 bridgehead atoms. The second-order valence-electron chi connectivity index (χ2n) is 3.46. The Morgan fingerprint density at radius 3 is 2.42 bits per heavy atom. The fourth-order valence-corrected chi connectivity index (χ4v) is 1.57. The van der Waals surface area contributed by atoms with E-state index in [-0.39, 0.29) is 11.7 Å². The second-order valence-corrected chi connectivity index (χ2v) is 3.46. The lowest BCUT2D eigenvalue weighted by molar-refractivity contribution is -0.139. The third-order valence-electron chi connectivity index (χ3n) is 2.37. The van der Waals surface area contributed by atoms with Crippen molar-refractivity contribution < 1.29 is 9.59 Å². The maximum Gasteiger partial charge on any atom is 0.285 e. The predicted molar refractivity (Wildman–Crippen MR) is 45.3 cm³/mol. The van der Waals surface area contributed by atoms with Gasteiger partial charge in [-0.25, -0.2) is 0 Å². The molecule has 12 heavy (non-hydrogen) atoms. The Balaban J connectivity index is 2.51. The molecule has 1 fully saturated rings. The topological polar surface area (TPSA) is 60.2 Å². The molecule has 0 saturated heterocycles. The van der Waals surface area contributed by atoms with E-state index >= 15 is 0 Å². The largest absolute Gasteiger partial charge is 0.363 e. The first-order chi connectivity index (χ1) is 5.66. The summed E-state index contributed by atoms with van der Waals surface area (Å²) in [6.07, 6.45) is 3.93. The van der Waals surface area contributed by atoms with Crippen LogP contribution in [0.3, 0.4) is 0 Å². The SMILES string of the molecule is CCCC(C(=O)C(N)=O)C1CC1. The first kappa shape index (κ1) is 9.23. The molecule has 0 aromatic carbocycles. The quantitative estimate of drug-likeness (QED) is 0.621. The van der Waals surface area contributed by atoms with E-state index in [0.717, 1.165) is 25.7 Å². The van der Waals surface area contributed by atoms with Gasteiger partial charge in [0.1, 0.15) is 0 Å². The molecule has 2 N–H and O–H groups in total. The van der Waals surface area contributed by atoms with Crippen molar-refractivity contribution in [2.24, 2.45) is 17.6 Å². The van der Waals surface area contributed by atoms with Crippen LogP contribution in [0, 0.1) is 11.8 Å². The summed E-state index contributed by atoms with van der Waals surface area (Å²) in [4.78, 5) is 21.9. The molecular formula is C9H15NO2. The molecular weight excluding hydrogens is 154 g/mol. The van der Waals surface area contributed by atoms with Crippen LogP contribution in [0.15, 0.2) is 0 Å². The average molecular weight is 169 g/mol. The summed E-state index contributed by atoms with van der Waals surface area (Å²) in [5.41, 5.74) is 4.94. The minimum absolute atomic E-state index is 0.0764. The number of carbonyl (C=O) groups excluding carboxylic acids is 2. The van der Waals surface area contributed by atoms with Gasteiger partial charge in [0, 0.05) is 5.92 Å². The Morgan fingerprint density at radius 2 is 2.08 bits per heavy atom. The molecule has 0 radical (unpaired) electrons. The first-order valence-corrected chi connectivity index (χ1v) is 4.50. The van der Waals surface area contributed by atoms with Crippen LogP contribution in [0.4, 0.5) is 0 Å². The highest BCUT2D eigenvalue weighted by molar-refractivity contribution is 6.36. The van der Waals surface area contributed by atoms with Crippen LogP contribution in [-0.4, -0.2) is 11.7 Å². The van der Waals surface area contributed by atoms with Gasteiger partial charge >= 0.3 is 0 Å². The van der Waals surface area contributed by atoms with Gasteiger partial charge in [-0.05, 0) is 25.2 Å². The minimum atomic E-state index is -0.764. The molecule has 0 aromatic rings. The molecule has 1 saturated carbocycles. The Kier molecular flexibility index (Phi) is 2.84. The van der Waals surface area contributed by atoms with Gasteiger partial charge in [0.05, 0.1) is 0 Å². The number of hydrogen-bond acceptors (Lipinski definition) is 2. The number of primary amides is 1. The van der Waals surface area contributed by atoms with E-state index in [0.29, 0.717) is 5.92 Å². The van der Waals surface area contributed by atoms with Crippen LogP contribution < -0.4 is 5.73 Å². The molecule has 68 valence electrons. The summed E-state index contributed by atoms with van der Waals surface area (Å²) in [5, 5.41) is 0. The molecule has 1 rings (SSSR count). The van der Waals surface area contributed by atoms with Crippen molar-refractivity contribution in [2.45, 2.75) is 32.6 Å². The van der Waals surface area contributed by atoms with Crippen molar-refractivity contribution >= 4 is 11.7 Å². The molecule has 0 heterocycles. The third-order valence-corrected chi connectivity index (χ3v) is 2.37. The summed E-state index contributed by atoms with van der Waals surface area (Å²) in [6, 6.07) is 0. The Bertz CT molecular complexity index is 197. The normalized spacial score (nSPS) is 18.8. The molecule has 1 aliphatic carbocycles. The van der Waals surface area contributed by atoms with Gasteiger partial charge in [-0.15, -0.1) is 0 Å². The number of hydrogen-bond donors (Lipinski definition) is 1. The van der Waals surface area contributed by atoms with Crippen LogP contribution in [0.5, 0.6) is 0 Å². The first-order valence-electron chi connectivity index (χ1n) is 4.50. The molecule has 0 spiro atoms. The molecule has 1 atom stereocenters. The van der Waals surface area contributed by atoms with Gasteiger partial charge in [-0.2, -0.15) is 0 Å². The molecule has 0 aromatic heterocycles. The summed E-state index contributed by atoms with van der Waals surface area (Å²) < 4.78 is 0. The predicted octanol–water partition coefficient (Wildman–Crippen LogP) is 0.867. The number of amides is 1. The number of nitrogens with two attached hydrogens (primary N) is 1. The van der Waals surface area contributed by atoms with Crippen LogP contribution in [0.2, 0.25) is 0 Å². The fourth-order valence-electron chi connectivity index (χ4n) is 1.57. The summed E-state index contributed by atoms with van der Waals surface area (Å²) in [7, 11) is 0. The van der Waals surface area contributed by atoms with Crippen molar-refractivity contribution in [3.05, 3.63) is 0 Å². The summed E-state index contributed by atoms with van der Waals surface area (Å²) in [5.74, 6) is -0.753. The lowest BCUT2D eigenvalue weighted by Crippen LogP contribution is -2.31. The molecule has 1 amide bonds. The van der Waals surface area contributed by atoms with Gasteiger partial charge in [-0.1, -0.05) is 13.3 Å². The maximum atomic E-state index is 11.2. The molecule has 0 aliphatic heterocycles. The maximum absolute atomic E-state index is 11.2. The standard InChI is InChI=1S/C9H15NO2/c1-2-3-7(6-4-5-6)8(11)9(10)12/h6-7H,2-5H2,1H3,(H2,10,12). The zero-order chi connectivity index (χ0) is 9.14.